The molecule has 6 nitrogen and oxygen atoms in total. The number of benzene rings is 1. The van der Waals surface area contributed by atoms with Crippen molar-refractivity contribution < 1.29 is 10.0 Å². The van der Waals surface area contributed by atoms with Crippen molar-refractivity contribution in [1.82, 2.24) is 9.78 Å². The van der Waals surface area contributed by atoms with Gasteiger partial charge in [-0.15, -0.1) is 0 Å². The van der Waals surface area contributed by atoms with Crippen molar-refractivity contribution in [3.63, 3.8) is 0 Å². The Hall–Kier alpha value is -1.73. The number of aliphatic hydroxyl groups excluding tert-OH is 1. The van der Waals surface area contributed by atoms with Crippen molar-refractivity contribution in [2.45, 2.75) is 12.6 Å². The van der Waals surface area contributed by atoms with Crippen LogP contribution in [0.2, 0.25) is 0 Å². The van der Waals surface area contributed by atoms with Gasteiger partial charge in [0.2, 0.25) is 0 Å². The number of halogens is 1. The molecule has 0 radical (unpaired) electrons. The van der Waals surface area contributed by atoms with E-state index in [4.69, 9.17) is 0 Å². The minimum atomic E-state index is -0.762. The lowest BCUT2D eigenvalue weighted by Gasteiger charge is -2.10. The Balaban J connectivity index is 2.11. The summed E-state index contributed by atoms with van der Waals surface area (Å²) in [7, 11) is 0. The van der Waals surface area contributed by atoms with Crippen LogP contribution >= 0.6 is 15.9 Å². The molecule has 1 heterocycles. The zero-order valence-electron chi connectivity index (χ0n) is 9.23. The van der Waals surface area contributed by atoms with Crippen LogP contribution < -0.4 is 0 Å². The molecule has 0 saturated carbocycles. The van der Waals surface area contributed by atoms with Gasteiger partial charge in [0.05, 0.1) is 17.6 Å². The van der Waals surface area contributed by atoms with Crippen LogP contribution in [0, 0.1) is 10.1 Å². The molecule has 1 atom stereocenters. The summed E-state index contributed by atoms with van der Waals surface area (Å²) in [5.41, 5.74) is 0.638. The fraction of sp³-hybridized carbons (Fsp3) is 0.182. The van der Waals surface area contributed by atoms with E-state index in [1.54, 1.807) is 12.1 Å². The highest BCUT2D eigenvalue weighted by Gasteiger charge is 2.13. The molecule has 94 valence electrons. The maximum absolute atomic E-state index is 10.5. The van der Waals surface area contributed by atoms with Gasteiger partial charge in [-0.3, -0.25) is 14.8 Å². The monoisotopic (exact) mass is 311 g/mol. The Kier molecular flexibility index (Phi) is 3.73. The standard InChI is InChI=1S/C11H10BrN3O3/c12-9-3-1-2-8(4-9)11(16)7-14-6-10(5-13-14)15(17)18/h1-6,11,16H,7H2. The Bertz CT molecular complexity index is 570. The number of nitrogens with zero attached hydrogens (tertiary/aromatic N) is 3. The van der Waals surface area contributed by atoms with Gasteiger partial charge in [0.25, 0.3) is 0 Å². The van der Waals surface area contributed by atoms with E-state index >= 15 is 0 Å². The van der Waals surface area contributed by atoms with Crippen molar-refractivity contribution >= 4 is 21.6 Å². The summed E-state index contributed by atoms with van der Waals surface area (Å²) < 4.78 is 2.22. The minimum Gasteiger partial charge on any atom is -0.386 e. The molecule has 0 amide bonds. The minimum absolute atomic E-state index is 0.0866. The van der Waals surface area contributed by atoms with E-state index in [9.17, 15) is 15.2 Å². The quantitative estimate of drug-likeness (QED) is 0.694. The van der Waals surface area contributed by atoms with Gasteiger partial charge in [-0.2, -0.15) is 5.10 Å². The number of aliphatic hydroxyl groups is 1. The molecule has 0 saturated heterocycles. The van der Waals surface area contributed by atoms with Crippen LogP contribution in [-0.2, 0) is 6.54 Å². The Labute approximate surface area is 111 Å². The molecule has 0 aliphatic heterocycles. The van der Waals surface area contributed by atoms with Gasteiger partial charge in [-0.1, -0.05) is 28.1 Å². The maximum atomic E-state index is 10.5. The summed E-state index contributed by atoms with van der Waals surface area (Å²) in [6.45, 7) is 0.171. The zero-order chi connectivity index (χ0) is 13.1. The van der Waals surface area contributed by atoms with E-state index < -0.39 is 11.0 Å². The second-order valence-corrected chi connectivity index (χ2v) is 4.66. The SMILES string of the molecule is O=[N+]([O-])c1cnn(CC(O)c2cccc(Br)c2)c1. The molecule has 0 bridgehead atoms. The van der Waals surface area contributed by atoms with Gasteiger partial charge >= 0.3 is 5.69 Å². The smallest absolute Gasteiger partial charge is 0.306 e. The molecule has 1 unspecified atom stereocenters. The van der Waals surface area contributed by atoms with Crippen LogP contribution in [0.15, 0.2) is 41.1 Å². The van der Waals surface area contributed by atoms with Crippen molar-refractivity contribution in [2.24, 2.45) is 0 Å². The Morgan fingerprint density at radius 1 is 1.56 bits per heavy atom. The average Bonchev–Trinajstić information content (AvgIpc) is 2.77. The molecule has 1 aromatic heterocycles. The molecule has 1 N–H and O–H groups in total. The van der Waals surface area contributed by atoms with Gasteiger partial charge in [0.1, 0.15) is 12.4 Å². The Morgan fingerprint density at radius 2 is 2.33 bits per heavy atom. The van der Waals surface area contributed by atoms with Crippen LogP contribution in [0.3, 0.4) is 0 Å². The van der Waals surface area contributed by atoms with Gasteiger partial charge in [0.15, 0.2) is 0 Å². The Morgan fingerprint density at radius 3 is 2.94 bits per heavy atom. The maximum Gasteiger partial charge on any atom is 0.306 e. The van der Waals surface area contributed by atoms with Crippen LogP contribution in [0.25, 0.3) is 0 Å². The van der Waals surface area contributed by atoms with E-state index in [-0.39, 0.29) is 12.2 Å². The molecule has 0 aliphatic carbocycles. The van der Waals surface area contributed by atoms with E-state index in [1.807, 2.05) is 12.1 Å². The predicted molar refractivity (Wildman–Crippen MR) is 68.0 cm³/mol. The number of rotatable bonds is 4. The zero-order valence-corrected chi connectivity index (χ0v) is 10.8. The van der Waals surface area contributed by atoms with Crippen LogP contribution in [0.4, 0.5) is 5.69 Å². The second-order valence-electron chi connectivity index (χ2n) is 3.75. The molecule has 18 heavy (non-hydrogen) atoms. The fourth-order valence-corrected chi connectivity index (χ4v) is 1.96. The van der Waals surface area contributed by atoms with Gasteiger partial charge in [0, 0.05) is 4.47 Å². The van der Waals surface area contributed by atoms with Crippen LogP contribution in [0.1, 0.15) is 11.7 Å². The van der Waals surface area contributed by atoms with Gasteiger partial charge < -0.3 is 5.11 Å². The first-order valence-corrected chi connectivity index (χ1v) is 5.96. The summed E-state index contributed by atoms with van der Waals surface area (Å²) in [5, 5.41) is 24.3. The second kappa shape index (κ2) is 5.28. The van der Waals surface area contributed by atoms with Crippen molar-refractivity contribution in [3.05, 3.63) is 56.8 Å². The number of hydrogen-bond acceptors (Lipinski definition) is 4. The van der Waals surface area contributed by atoms with E-state index in [0.717, 1.165) is 16.2 Å². The number of hydrogen-bond donors (Lipinski definition) is 1. The average molecular weight is 312 g/mol. The lowest BCUT2D eigenvalue weighted by atomic mass is 10.1. The van der Waals surface area contributed by atoms with Crippen molar-refractivity contribution in [3.8, 4) is 0 Å². The largest absolute Gasteiger partial charge is 0.386 e. The summed E-state index contributed by atoms with van der Waals surface area (Å²) >= 11 is 3.32. The molecule has 0 spiro atoms. The molecular weight excluding hydrogens is 302 g/mol. The fourth-order valence-electron chi connectivity index (χ4n) is 1.54. The van der Waals surface area contributed by atoms with E-state index in [0.29, 0.717) is 0 Å². The summed E-state index contributed by atoms with van der Waals surface area (Å²) in [4.78, 5) is 9.98. The first kappa shape index (κ1) is 12.7. The van der Waals surface area contributed by atoms with Crippen molar-refractivity contribution in [1.29, 1.82) is 0 Å². The summed E-state index contributed by atoms with van der Waals surface area (Å²) in [5.74, 6) is 0. The predicted octanol–water partition coefficient (Wildman–Crippen LogP) is 2.29. The first-order valence-electron chi connectivity index (χ1n) is 5.16. The molecule has 0 aliphatic rings. The molecule has 2 aromatic rings. The van der Waals surface area contributed by atoms with Crippen molar-refractivity contribution in [2.75, 3.05) is 0 Å². The topological polar surface area (TPSA) is 81.2 Å². The highest BCUT2D eigenvalue weighted by Crippen LogP contribution is 2.20. The third-order valence-electron chi connectivity index (χ3n) is 2.42. The molecule has 0 fully saturated rings. The number of nitro groups is 1. The molecular formula is C11H10BrN3O3. The summed E-state index contributed by atoms with van der Waals surface area (Å²) in [6.07, 6.45) is 1.69. The number of aromatic nitrogens is 2. The third-order valence-corrected chi connectivity index (χ3v) is 2.92. The molecule has 1 aromatic carbocycles. The van der Waals surface area contributed by atoms with E-state index in [1.165, 1.54) is 10.9 Å². The normalized spacial score (nSPS) is 12.3. The molecule has 2 rings (SSSR count). The lowest BCUT2D eigenvalue weighted by Crippen LogP contribution is -2.09. The third kappa shape index (κ3) is 2.93. The van der Waals surface area contributed by atoms with E-state index in [2.05, 4.69) is 21.0 Å². The first-order chi connectivity index (χ1) is 8.56. The lowest BCUT2D eigenvalue weighted by molar-refractivity contribution is -0.385. The highest BCUT2D eigenvalue weighted by atomic mass is 79.9. The highest BCUT2D eigenvalue weighted by molar-refractivity contribution is 9.10. The van der Waals surface area contributed by atoms with Crippen LogP contribution in [-0.4, -0.2) is 19.8 Å². The summed E-state index contributed by atoms with van der Waals surface area (Å²) in [6, 6.07) is 7.25. The van der Waals surface area contributed by atoms with Gasteiger partial charge in [-0.05, 0) is 17.7 Å². The van der Waals surface area contributed by atoms with Crippen LogP contribution in [0.5, 0.6) is 0 Å². The van der Waals surface area contributed by atoms with Gasteiger partial charge in [-0.25, -0.2) is 0 Å². The molecule has 7 heteroatoms.